The summed E-state index contributed by atoms with van der Waals surface area (Å²) in [6.07, 6.45) is 3.12. The molecule has 174 valence electrons. The number of aliphatic hydroxyl groups excluding tert-OH is 1. The Labute approximate surface area is 197 Å². The highest BCUT2D eigenvalue weighted by Crippen LogP contribution is 2.43. The van der Waals surface area contributed by atoms with Crippen LogP contribution in [0.1, 0.15) is 48.1 Å². The third-order valence-electron chi connectivity index (χ3n) is 6.00. The third-order valence-corrected chi connectivity index (χ3v) is 6.00. The zero-order chi connectivity index (χ0) is 24.6. The molecule has 1 aliphatic rings. The molecular formula is C27H25FN2O4. The number of ketones is 1. The first kappa shape index (κ1) is 23.2. The number of ether oxygens (including phenoxy) is 1. The van der Waals surface area contributed by atoms with E-state index >= 15 is 0 Å². The van der Waals surface area contributed by atoms with E-state index < -0.39 is 23.5 Å². The fourth-order valence-corrected chi connectivity index (χ4v) is 4.28. The molecule has 6 nitrogen and oxygen atoms in total. The number of benzene rings is 2. The van der Waals surface area contributed by atoms with Crippen LogP contribution < -0.4 is 9.64 Å². The van der Waals surface area contributed by atoms with E-state index in [1.54, 1.807) is 50.7 Å². The average molecular weight is 461 g/mol. The Morgan fingerprint density at radius 2 is 1.85 bits per heavy atom. The lowest BCUT2D eigenvalue weighted by molar-refractivity contribution is -0.132. The number of rotatable bonds is 5. The van der Waals surface area contributed by atoms with Gasteiger partial charge < -0.3 is 9.84 Å². The van der Waals surface area contributed by atoms with Crippen LogP contribution in [0.15, 0.2) is 66.5 Å². The van der Waals surface area contributed by atoms with E-state index in [1.807, 2.05) is 13.8 Å². The van der Waals surface area contributed by atoms with Crippen molar-refractivity contribution in [2.45, 2.75) is 32.7 Å². The summed E-state index contributed by atoms with van der Waals surface area (Å²) in [7, 11) is 1.58. The molecular weight excluding hydrogens is 435 g/mol. The fraction of sp³-hybridized carbons (Fsp3) is 0.222. The second kappa shape index (κ2) is 9.09. The molecule has 3 aromatic rings. The summed E-state index contributed by atoms with van der Waals surface area (Å²) in [5.74, 6) is -1.60. The first-order valence-corrected chi connectivity index (χ1v) is 10.9. The number of hydrogen-bond donors (Lipinski definition) is 1. The number of methoxy groups -OCH3 is 1. The Bertz CT molecular complexity index is 1280. The van der Waals surface area contributed by atoms with Crippen molar-refractivity contribution in [1.29, 1.82) is 0 Å². The number of hydrogen-bond acceptors (Lipinski definition) is 5. The van der Waals surface area contributed by atoms with Crippen LogP contribution >= 0.6 is 0 Å². The van der Waals surface area contributed by atoms with Crippen LogP contribution in [0, 0.1) is 12.7 Å². The van der Waals surface area contributed by atoms with Crippen molar-refractivity contribution in [3.05, 3.63) is 94.6 Å². The van der Waals surface area contributed by atoms with Gasteiger partial charge in [0.05, 0.1) is 18.7 Å². The highest BCUT2D eigenvalue weighted by atomic mass is 19.1. The van der Waals surface area contributed by atoms with Crippen molar-refractivity contribution in [2.75, 3.05) is 12.0 Å². The SMILES string of the molecule is COc1cc(C)c(/C(O)=C2\C(=O)C(=O)N(c3ccc(F)cc3)C2c2cccnc2)cc1C(C)C. The van der Waals surface area contributed by atoms with E-state index in [9.17, 15) is 19.1 Å². The number of pyridine rings is 1. The van der Waals surface area contributed by atoms with Crippen LogP contribution in [-0.2, 0) is 9.59 Å². The zero-order valence-electron chi connectivity index (χ0n) is 19.4. The maximum atomic E-state index is 13.6. The minimum Gasteiger partial charge on any atom is -0.507 e. The lowest BCUT2D eigenvalue weighted by Crippen LogP contribution is -2.29. The number of carbonyl (C=O) groups excluding carboxylic acids is 2. The molecule has 1 saturated heterocycles. The predicted molar refractivity (Wildman–Crippen MR) is 127 cm³/mol. The van der Waals surface area contributed by atoms with E-state index in [0.717, 1.165) is 5.56 Å². The number of carbonyl (C=O) groups is 2. The van der Waals surface area contributed by atoms with E-state index in [2.05, 4.69) is 4.98 Å². The number of aromatic nitrogens is 1. The predicted octanol–water partition coefficient (Wildman–Crippen LogP) is 5.29. The molecule has 1 unspecified atom stereocenters. The molecule has 2 aromatic carbocycles. The van der Waals surface area contributed by atoms with Gasteiger partial charge in [-0.1, -0.05) is 19.9 Å². The Morgan fingerprint density at radius 1 is 1.15 bits per heavy atom. The van der Waals surface area contributed by atoms with Gasteiger partial charge in [-0.2, -0.15) is 0 Å². The van der Waals surface area contributed by atoms with Gasteiger partial charge in [0, 0.05) is 23.6 Å². The topological polar surface area (TPSA) is 79.7 Å². The highest BCUT2D eigenvalue weighted by Gasteiger charge is 2.47. The van der Waals surface area contributed by atoms with Gasteiger partial charge in [-0.15, -0.1) is 0 Å². The van der Waals surface area contributed by atoms with Crippen LogP contribution in [0.3, 0.4) is 0 Å². The molecule has 0 radical (unpaired) electrons. The minimum absolute atomic E-state index is 0.0507. The molecule has 0 bridgehead atoms. The van der Waals surface area contributed by atoms with Gasteiger partial charge in [-0.05, 0) is 72.0 Å². The fourth-order valence-electron chi connectivity index (χ4n) is 4.28. The summed E-state index contributed by atoms with van der Waals surface area (Å²) < 4.78 is 19.1. The lowest BCUT2D eigenvalue weighted by Gasteiger charge is -2.25. The number of anilines is 1. The molecule has 4 rings (SSSR count). The number of halogens is 1. The number of nitrogens with zero attached hydrogens (tertiary/aromatic N) is 2. The summed E-state index contributed by atoms with van der Waals surface area (Å²) in [5.41, 5.74) is 2.83. The van der Waals surface area contributed by atoms with Gasteiger partial charge in [0.1, 0.15) is 17.3 Å². The van der Waals surface area contributed by atoms with Crippen molar-refractivity contribution in [1.82, 2.24) is 4.98 Å². The number of amides is 1. The molecule has 34 heavy (non-hydrogen) atoms. The van der Waals surface area contributed by atoms with E-state index in [-0.39, 0.29) is 17.3 Å². The number of aliphatic hydroxyl groups is 1. The molecule has 1 N–H and O–H groups in total. The minimum atomic E-state index is -0.928. The third kappa shape index (κ3) is 3.94. The lowest BCUT2D eigenvalue weighted by atomic mass is 9.91. The number of Topliss-reactive ketones (excluding diaryl/α,β-unsaturated/α-hetero) is 1. The molecule has 1 aliphatic heterocycles. The molecule has 0 aliphatic carbocycles. The summed E-state index contributed by atoms with van der Waals surface area (Å²) in [6.45, 7) is 5.80. The first-order valence-electron chi connectivity index (χ1n) is 10.9. The molecule has 1 aromatic heterocycles. The van der Waals surface area contributed by atoms with E-state index in [4.69, 9.17) is 4.74 Å². The van der Waals surface area contributed by atoms with Crippen molar-refractivity contribution in [3.8, 4) is 5.75 Å². The van der Waals surface area contributed by atoms with Crippen molar-refractivity contribution >= 4 is 23.1 Å². The van der Waals surface area contributed by atoms with Crippen LogP contribution in [0.25, 0.3) is 5.76 Å². The highest BCUT2D eigenvalue weighted by molar-refractivity contribution is 6.51. The van der Waals surface area contributed by atoms with Gasteiger partial charge in [-0.3, -0.25) is 19.5 Å². The van der Waals surface area contributed by atoms with E-state index in [0.29, 0.717) is 28.1 Å². The largest absolute Gasteiger partial charge is 0.507 e. The van der Waals surface area contributed by atoms with Gasteiger partial charge in [0.15, 0.2) is 0 Å². The summed E-state index contributed by atoms with van der Waals surface area (Å²) in [6, 6.07) is 11.4. The quantitative estimate of drug-likeness (QED) is 0.318. The maximum Gasteiger partial charge on any atom is 0.300 e. The van der Waals surface area contributed by atoms with Crippen molar-refractivity contribution < 1.29 is 23.8 Å². The Kier molecular flexibility index (Phi) is 6.20. The standard InChI is InChI=1S/C27H25FN2O4/c1-15(2)20-13-21(16(3)12-22(20)34-4)25(31)23-24(17-6-5-11-29-14-17)30(27(33)26(23)32)19-9-7-18(28)8-10-19/h5-15,24,31H,1-4H3/b25-23+. The van der Waals surface area contributed by atoms with Gasteiger partial charge >= 0.3 is 0 Å². The molecule has 0 spiro atoms. The molecule has 1 fully saturated rings. The Balaban J connectivity index is 1.97. The van der Waals surface area contributed by atoms with Crippen LogP contribution in [0.4, 0.5) is 10.1 Å². The first-order chi connectivity index (χ1) is 16.2. The molecule has 1 atom stereocenters. The molecule has 7 heteroatoms. The molecule has 2 heterocycles. The summed E-state index contributed by atoms with van der Waals surface area (Å²) in [5, 5.41) is 11.5. The molecule has 0 saturated carbocycles. The van der Waals surface area contributed by atoms with Crippen LogP contribution in [-0.4, -0.2) is 28.9 Å². The number of aryl methyl sites for hydroxylation is 1. The Morgan fingerprint density at radius 3 is 2.44 bits per heavy atom. The summed E-state index contributed by atoms with van der Waals surface area (Å²) >= 11 is 0. The average Bonchev–Trinajstić information content (AvgIpc) is 3.09. The normalized spacial score (nSPS) is 17.5. The summed E-state index contributed by atoms with van der Waals surface area (Å²) in [4.78, 5) is 31.9. The van der Waals surface area contributed by atoms with Gasteiger partial charge in [0.2, 0.25) is 0 Å². The Hall–Kier alpha value is -4.00. The van der Waals surface area contributed by atoms with Crippen LogP contribution in [0.5, 0.6) is 5.75 Å². The zero-order valence-corrected chi connectivity index (χ0v) is 19.4. The molecule has 1 amide bonds. The van der Waals surface area contributed by atoms with Crippen molar-refractivity contribution in [2.24, 2.45) is 0 Å². The second-order valence-corrected chi connectivity index (χ2v) is 8.50. The van der Waals surface area contributed by atoms with Crippen molar-refractivity contribution in [3.63, 3.8) is 0 Å². The second-order valence-electron chi connectivity index (χ2n) is 8.50. The van der Waals surface area contributed by atoms with Gasteiger partial charge in [0.25, 0.3) is 11.7 Å². The monoisotopic (exact) mass is 460 g/mol. The van der Waals surface area contributed by atoms with Crippen LogP contribution in [0.2, 0.25) is 0 Å². The van der Waals surface area contributed by atoms with E-state index in [1.165, 1.54) is 29.2 Å². The smallest absolute Gasteiger partial charge is 0.300 e. The maximum absolute atomic E-state index is 13.6. The van der Waals surface area contributed by atoms with Gasteiger partial charge in [-0.25, -0.2) is 4.39 Å².